The van der Waals surface area contributed by atoms with Crippen molar-refractivity contribution in [3.8, 4) is 0 Å². The molecule has 2 N–H and O–H groups in total. The monoisotopic (exact) mass is 309 g/mol. The molecule has 1 aromatic carbocycles. The second kappa shape index (κ2) is 6.36. The normalized spacial score (nSPS) is 9.90. The number of amides is 2. The molecular weight excluding hydrogens is 301 g/mol. The number of aromatic nitrogens is 1. The van der Waals surface area contributed by atoms with Crippen LogP contribution in [0.5, 0.6) is 0 Å². The molecule has 0 bridgehead atoms. The van der Waals surface area contributed by atoms with Crippen LogP contribution in [0.1, 0.15) is 10.4 Å². The molecule has 2 rings (SSSR count). The Morgan fingerprint density at radius 3 is 2.55 bits per heavy atom. The van der Waals surface area contributed by atoms with Crippen LogP contribution in [0.2, 0.25) is 10.0 Å². The third-order valence-corrected chi connectivity index (χ3v) is 2.87. The lowest BCUT2D eigenvalue weighted by atomic mass is 10.1. The van der Waals surface area contributed by atoms with Gasteiger partial charge in [0.15, 0.2) is 0 Å². The van der Waals surface area contributed by atoms with Crippen LogP contribution >= 0.6 is 23.2 Å². The molecule has 0 aliphatic rings. The van der Waals surface area contributed by atoms with Crippen molar-refractivity contribution in [1.82, 2.24) is 4.98 Å². The summed E-state index contributed by atoms with van der Waals surface area (Å²) in [5, 5.41) is 5.88. The molecule has 0 saturated heterocycles. The van der Waals surface area contributed by atoms with Gasteiger partial charge in [-0.3, -0.25) is 9.59 Å². The summed E-state index contributed by atoms with van der Waals surface area (Å²) < 4.78 is 0. The zero-order valence-electron chi connectivity index (χ0n) is 10.1. The number of nitrogens with zero attached hydrogens (tertiary/aromatic N) is 1. The molecule has 2 amide bonds. The van der Waals surface area contributed by atoms with Gasteiger partial charge in [-0.15, -0.1) is 0 Å². The predicted molar refractivity (Wildman–Crippen MR) is 78.3 cm³/mol. The number of benzene rings is 1. The highest BCUT2D eigenvalue weighted by Gasteiger charge is 2.12. The van der Waals surface area contributed by atoms with Gasteiger partial charge in [0.2, 0.25) is 6.41 Å². The molecule has 0 spiro atoms. The highest BCUT2D eigenvalue weighted by atomic mass is 35.5. The number of hydrogen-bond acceptors (Lipinski definition) is 3. The minimum Gasteiger partial charge on any atom is -0.328 e. The fraction of sp³-hybridized carbons (Fsp3) is 0. The van der Waals surface area contributed by atoms with Gasteiger partial charge in [-0.05, 0) is 30.3 Å². The third-order valence-electron chi connectivity index (χ3n) is 2.41. The average Bonchev–Trinajstić information content (AvgIpc) is 2.43. The lowest BCUT2D eigenvalue weighted by molar-refractivity contribution is -0.105. The Morgan fingerprint density at radius 1 is 1.15 bits per heavy atom. The predicted octanol–water partition coefficient (Wildman–Crippen LogP) is 3.21. The van der Waals surface area contributed by atoms with Crippen molar-refractivity contribution in [2.24, 2.45) is 0 Å². The van der Waals surface area contributed by atoms with Gasteiger partial charge in [0.1, 0.15) is 5.82 Å². The van der Waals surface area contributed by atoms with E-state index in [9.17, 15) is 9.59 Å². The minimum absolute atomic E-state index is 0.237. The zero-order chi connectivity index (χ0) is 14.5. The first-order valence-corrected chi connectivity index (χ1v) is 6.28. The van der Waals surface area contributed by atoms with Crippen LogP contribution in [0.15, 0.2) is 36.5 Å². The van der Waals surface area contributed by atoms with Gasteiger partial charge in [0.25, 0.3) is 5.91 Å². The highest BCUT2D eigenvalue weighted by molar-refractivity contribution is 6.31. The summed E-state index contributed by atoms with van der Waals surface area (Å²) in [6.45, 7) is 0. The maximum absolute atomic E-state index is 12.1. The van der Waals surface area contributed by atoms with E-state index in [0.29, 0.717) is 28.0 Å². The van der Waals surface area contributed by atoms with Gasteiger partial charge in [0, 0.05) is 11.2 Å². The highest BCUT2D eigenvalue weighted by Crippen LogP contribution is 2.21. The Labute approximate surface area is 124 Å². The van der Waals surface area contributed by atoms with Crippen molar-refractivity contribution in [3.63, 3.8) is 0 Å². The Bertz CT molecular complexity index is 645. The Kier molecular flexibility index (Phi) is 4.55. The topological polar surface area (TPSA) is 71.1 Å². The van der Waals surface area contributed by atoms with Crippen LogP contribution in [-0.4, -0.2) is 17.3 Å². The number of carbonyl (C=O) groups excluding carboxylic acids is 2. The molecule has 0 aliphatic carbocycles. The summed E-state index contributed by atoms with van der Waals surface area (Å²) in [5.41, 5.74) is 0.595. The van der Waals surface area contributed by atoms with E-state index in [1.807, 2.05) is 0 Å². The molecule has 0 aliphatic heterocycles. The number of anilines is 2. The number of pyridine rings is 1. The Hall–Kier alpha value is -2.11. The second-order valence-electron chi connectivity index (χ2n) is 3.77. The fourth-order valence-corrected chi connectivity index (χ4v) is 1.81. The van der Waals surface area contributed by atoms with Gasteiger partial charge in [-0.25, -0.2) is 4.98 Å². The van der Waals surface area contributed by atoms with Crippen LogP contribution in [0.25, 0.3) is 0 Å². The Morgan fingerprint density at radius 2 is 1.90 bits per heavy atom. The summed E-state index contributed by atoms with van der Waals surface area (Å²) in [4.78, 5) is 26.6. The van der Waals surface area contributed by atoms with Crippen molar-refractivity contribution >= 4 is 47.0 Å². The molecule has 1 heterocycles. The van der Waals surface area contributed by atoms with E-state index in [1.54, 1.807) is 24.3 Å². The van der Waals surface area contributed by atoms with Crippen LogP contribution in [0, 0.1) is 0 Å². The van der Waals surface area contributed by atoms with Crippen LogP contribution in [0.4, 0.5) is 11.5 Å². The molecule has 0 radical (unpaired) electrons. The molecule has 0 saturated carbocycles. The standard InChI is InChI=1S/C13H9Cl2N3O2/c14-8-1-3-11(17-7-19)10(5-8)13(20)18-12-4-2-9(15)6-16-12/h1-7H,(H,17,19)(H,16,18,20). The largest absolute Gasteiger partial charge is 0.328 e. The fourth-order valence-electron chi connectivity index (χ4n) is 1.53. The molecule has 20 heavy (non-hydrogen) atoms. The summed E-state index contributed by atoms with van der Waals surface area (Å²) in [6, 6.07) is 7.74. The number of rotatable bonds is 4. The SMILES string of the molecule is O=CNc1ccc(Cl)cc1C(=O)Nc1ccc(Cl)cn1. The van der Waals surface area contributed by atoms with E-state index < -0.39 is 5.91 Å². The smallest absolute Gasteiger partial charge is 0.258 e. The van der Waals surface area contributed by atoms with Gasteiger partial charge in [-0.1, -0.05) is 23.2 Å². The van der Waals surface area contributed by atoms with Gasteiger partial charge >= 0.3 is 0 Å². The van der Waals surface area contributed by atoms with E-state index in [1.165, 1.54) is 12.3 Å². The lowest BCUT2D eigenvalue weighted by Crippen LogP contribution is -2.15. The van der Waals surface area contributed by atoms with Crippen LogP contribution < -0.4 is 10.6 Å². The second-order valence-corrected chi connectivity index (χ2v) is 4.64. The van der Waals surface area contributed by atoms with Gasteiger partial charge < -0.3 is 10.6 Å². The molecule has 0 unspecified atom stereocenters. The number of hydrogen-bond donors (Lipinski definition) is 2. The summed E-state index contributed by atoms with van der Waals surface area (Å²) >= 11 is 11.6. The van der Waals surface area contributed by atoms with Crippen molar-refractivity contribution in [2.45, 2.75) is 0 Å². The Balaban J connectivity index is 2.26. The molecule has 5 nitrogen and oxygen atoms in total. The van der Waals surface area contributed by atoms with E-state index in [0.717, 1.165) is 0 Å². The van der Waals surface area contributed by atoms with Crippen molar-refractivity contribution in [1.29, 1.82) is 0 Å². The molecule has 0 atom stereocenters. The summed E-state index contributed by atoms with van der Waals surface area (Å²) in [5.74, 6) is -0.0944. The molecule has 2 aromatic rings. The first kappa shape index (κ1) is 14.3. The molecule has 102 valence electrons. The van der Waals surface area contributed by atoms with E-state index in [-0.39, 0.29) is 5.56 Å². The van der Waals surface area contributed by atoms with E-state index in [2.05, 4.69) is 15.6 Å². The quantitative estimate of drug-likeness (QED) is 0.852. The van der Waals surface area contributed by atoms with Gasteiger partial charge in [0.05, 0.1) is 16.3 Å². The minimum atomic E-state index is -0.438. The first-order chi connectivity index (χ1) is 9.60. The summed E-state index contributed by atoms with van der Waals surface area (Å²) in [7, 11) is 0. The average molecular weight is 310 g/mol. The van der Waals surface area contributed by atoms with E-state index in [4.69, 9.17) is 23.2 Å². The first-order valence-electron chi connectivity index (χ1n) is 5.53. The van der Waals surface area contributed by atoms with Gasteiger partial charge in [-0.2, -0.15) is 0 Å². The zero-order valence-corrected chi connectivity index (χ0v) is 11.6. The number of carbonyl (C=O) groups is 2. The van der Waals surface area contributed by atoms with Crippen LogP contribution in [-0.2, 0) is 4.79 Å². The van der Waals surface area contributed by atoms with Crippen molar-refractivity contribution in [2.75, 3.05) is 10.6 Å². The summed E-state index contributed by atoms with van der Waals surface area (Å²) in [6.07, 6.45) is 1.90. The maximum Gasteiger partial charge on any atom is 0.258 e. The van der Waals surface area contributed by atoms with Crippen molar-refractivity contribution < 1.29 is 9.59 Å². The molecular formula is C13H9Cl2N3O2. The number of halogens is 2. The lowest BCUT2D eigenvalue weighted by Gasteiger charge is -2.09. The van der Waals surface area contributed by atoms with E-state index >= 15 is 0 Å². The molecule has 7 heteroatoms. The molecule has 0 fully saturated rings. The van der Waals surface area contributed by atoms with Crippen molar-refractivity contribution in [3.05, 3.63) is 52.1 Å². The maximum atomic E-state index is 12.1. The van der Waals surface area contributed by atoms with Crippen LogP contribution in [0.3, 0.4) is 0 Å². The molecule has 1 aromatic heterocycles. The number of nitrogens with one attached hydrogen (secondary N) is 2. The third kappa shape index (κ3) is 3.46.